The first-order chi connectivity index (χ1) is 12.3. The summed E-state index contributed by atoms with van der Waals surface area (Å²) < 4.78 is 5.05. The Kier molecular flexibility index (Phi) is 5.03. The van der Waals surface area contributed by atoms with Gasteiger partial charge in [0.15, 0.2) is 5.71 Å². The molecule has 0 aliphatic carbocycles. The number of nitrogens with zero attached hydrogens (tertiary/aromatic N) is 2. The van der Waals surface area contributed by atoms with Crippen LogP contribution >= 0.6 is 0 Å². The minimum Gasteiger partial charge on any atom is -0.461 e. The lowest BCUT2D eigenvalue weighted by Crippen LogP contribution is -2.49. The molecule has 0 aromatic heterocycles. The first kappa shape index (κ1) is 18.4. The van der Waals surface area contributed by atoms with Crippen molar-refractivity contribution >= 4 is 17.6 Å². The van der Waals surface area contributed by atoms with E-state index >= 15 is 0 Å². The SMILES string of the molecule is CCOC(=O)C1=NO[C@@H]2[C@H]1CCCN2C(=O)c1ccc(C(C)(C)C)cc1. The molecular formula is C20H26N2O4. The fourth-order valence-electron chi connectivity index (χ4n) is 3.44. The minimum absolute atomic E-state index is 0.0364. The van der Waals surface area contributed by atoms with Crippen molar-refractivity contribution < 1.29 is 19.2 Å². The minimum atomic E-state index is -0.530. The molecule has 2 aliphatic rings. The molecule has 0 spiro atoms. The van der Waals surface area contributed by atoms with Gasteiger partial charge in [0.05, 0.1) is 12.5 Å². The van der Waals surface area contributed by atoms with E-state index in [-0.39, 0.29) is 29.6 Å². The number of likely N-dealkylation sites (tertiary alicyclic amines) is 1. The molecule has 0 bridgehead atoms. The number of carbonyl (C=O) groups excluding carboxylic acids is 2. The monoisotopic (exact) mass is 358 g/mol. The van der Waals surface area contributed by atoms with Gasteiger partial charge in [-0.25, -0.2) is 4.79 Å². The van der Waals surface area contributed by atoms with E-state index in [0.717, 1.165) is 12.8 Å². The molecular weight excluding hydrogens is 332 g/mol. The molecule has 0 radical (unpaired) electrons. The molecule has 140 valence electrons. The van der Waals surface area contributed by atoms with Gasteiger partial charge in [-0.3, -0.25) is 4.79 Å². The third kappa shape index (κ3) is 3.45. The van der Waals surface area contributed by atoms with Crippen molar-refractivity contribution in [3.8, 4) is 0 Å². The van der Waals surface area contributed by atoms with Gasteiger partial charge >= 0.3 is 5.97 Å². The van der Waals surface area contributed by atoms with Crippen molar-refractivity contribution in [1.29, 1.82) is 0 Å². The highest BCUT2D eigenvalue weighted by molar-refractivity contribution is 6.37. The van der Waals surface area contributed by atoms with Crippen LogP contribution in [0, 0.1) is 5.92 Å². The summed E-state index contributed by atoms with van der Waals surface area (Å²) in [6, 6.07) is 7.69. The number of hydrogen-bond donors (Lipinski definition) is 0. The van der Waals surface area contributed by atoms with Crippen LogP contribution in [0.5, 0.6) is 0 Å². The van der Waals surface area contributed by atoms with Crippen molar-refractivity contribution in [2.24, 2.45) is 11.1 Å². The number of esters is 1. The standard InChI is InChI=1S/C20H26N2O4/c1-5-25-19(24)16-15-7-6-12-22(18(15)26-21-16)17(23)13-8-10-14(11-9-13)20(2,3)4/h8-11,15,18H,5-7,12H2,1-4H3/t15-,18+/m0/s1. The average molecular weight is 358 g/mol. The van der Waals surface area contributed by atoms with E-state index < -0.39 is 12.2 Å². The zero-order valence-corrected chi connectivity index (χ0v) is 15.8. The van der Waals surface area contributed by atoms with E-state index in [2.05, 4.69) is 25.9 Å². The summed E-state index contributed by atoms with van der Waals surface area (Å²) in [4.78, 5) is 32.2. The maximum Gasteiger partial charge on any atom is 0.356 e. The molecule has 26 heavy (non-hydrogen) atoms. The molecule has 1 saturated heterocycles. The smallest absolute Gasteiger partial charge is 0.356 e. The van der Waals surface area contributed by atoms with Crippen molar-refractivity contribution in [1.82, 2.24) is 4.90 Å². The Morgan fingerprint density at radius 1 is 1.27 bits per heavy atom. The molecule has 0 saturated carbocycles. The van der Waals surface area contributed by atoms with Crippen molar-refractivity contribution in [2.45, 2.75) is 52.2 Å². The van der Waals surface area contributed by atoms with Gasteiger partial charge in [0.2, 0.25) is 6.23 Å². The predicted molar refractivity (Wildman–Crippen MR) is 97.8 cm³/mol. The second-order valence-electron chi connectivity index (χ2n) is 7.77. The van der Waals surface area contributed by atoms with E-state index in [1.165, 1.54) is 5.56 Å². The normalized spacial score (nSPS) is 22.3. The molecule has 2 heterocycles. The fourth-order valence-corrected chi connectivity index (χ4v) is 3.44. The van der Waals surface area contributed by atoms with Crippen LogP contribution < -0.4 is 0 Å². The van der Waals surface area contributed by atoms with Crippen LogP contribution in [0.2, 0.25) is 0 Å². The number of carbonyl (C=O) groups is 2. The highest BCUT2D eigenvalue weighted by atomic mass is 16.7. The van der Waals surface area contributed by atoms with Crippen molar-refractivity contribution in [3.63, 3.8) is 0 Å². The Bertz CT molecular complexity index is 718. The van der Waals surface area contributed by atoms with Gasteiger partial charge in [-0.15, -0.1) is 0 Å². The molecule has 0 unspecified atom stereocenters. The topological polar surface area (TPSA) is 68.2 Å². The summed E-state index contributed by atoms with van der Waals surface area (Å²) in [7, 11) is 0. The summed E-state index contributed by atoms with van der Waals surface area (Å²) in [5.41, 5.74) is 2.12. The number of oxime groups is 1. The Labute approximate surface area is 154 Å². The maximum absolute atomic E-state index is 13.0. The molecule has 3 rings (SSSR count). The average Bonchev–Trinajstić information content (AvgIpc) is 3.05. The number of ether oxygens (including phenoxy) is 1. The van der Waals surface area contributed by atoms with Crippen LogP contribution in [-0.4, -0.2) is 41.9 Å². The molecule has 0 N–H and O–H groups in total. The highest BCUT2D eigenvalue weighted by Crippen LogP contribution is 2.32. The van der Waals surface area contributed by atoms with Crippen LogP contribution in [-0.2, 0) is 19.8 Å². The largest absolute Gasteiger partial charge is 0.461 e. The van der Waals surface area contributed by atoms with E-state index in [9.17, 15) is 9.59 Å². The molecule has 2 atom stereocenters. The Morgan fingerprint density at radius 2 is 1.96 bits per heavy atom. The quantitative estimate of drug-likeness (QED) is 0.779. The predicted octanol–water partition coefficient (Wildman–Crippen LogP) is 3.11. The highest BCUT2D eigenvalue weighted by Gasteiger charge is 2.46. The Hall–Kier alpha value is -2.37. The number of hydrogen-bond acceptors (Lipinski definition) is 5. The summed E-state index contributed by atoms with van der Waals surface area (Å²) in [6.07, 6.45) is 1.03. The van der Waals surface area contributed by atoms with Crippen molar-refractivity contribution in [3.05, 3.63) is 35.4 Å². The molecule has 2 aliphatic heterocycles. The van der Waals surface area contributed by atoms with Crippen LogP contribution in [0.25, 0.3) is 0 Å². The number of benzene rings is 1. The van der Waals surface area contributed by atoms with Gasteiger partial charge in [0.1, 0.15) is 0 Å². The van der Waals surface area contributed by atoms with Crippen molar-refractivity contribution in [2.75, 3.05) is 13.2 Å². The first-order valence-electron chi connectivity index (χ1n) is 9.15. The van der Waals surface area contributed by atoms with Crippen LogP contribution in [0.4, 0.5) is 0 Å². The summed E-state index contributed by atoms with van der Waals surface area (Å²) in [5, 5.41) is 3.92. The van der Waals surface area contributed by atoms with Crippen LogP contribution in [0.3, 0.4) is 0 Å². The summed E-state index contributed by atoms with van der Waals surface area (Å²) in [5.74, 6) is -0.773. The van der Waals surface area contributed by atoms with Gasteiger partial charge in [-0.1, -0.05) is 38.1 Å². The van der Waals surface area contributed by atoms with E-state index in [1.54, 1.807) is 11.8 Å². The maximum atomic E-state index is 13.0. The number of rotatable bonds is 3. The van der Waals surface area contributed by atoms with Gasteiger partial charge in [0.25, 0.3) is 5.91 Å². The van der Waals surface area contributed by atoms with Crippen LogP contribution in [0.1, 0.15) is 56.5 Å². The Morgan fingerprint density at radius 3 is 2.58 bits per heavy atom. The van der Waals surface area contributed by atoms with Gasteiger partial charge in [0, 0.05) is 12.1 Å². The molecule has 1 fully saturated rings. The number of fused-ring (bicyclic) bond motifs is 1. The second kappa shape index (κ2) is 7.09. The number of piperidine rings is 1. The third-order valence-corrected chi connectivity index (χ3v) is 4.92. The second-order valence-corrected chi connectivity index (χ2v) is 7.77. The summed E-state index contributed by atoms with van der Waals surface area (Å²) >= 11 is 0. The fraction of sp³-hybridized carbons (Fsp3) is 0.550. The molecule has 1 aromatic carbocycles. The third-order valence-electron chi connectivity index (χ3n) is 4.92. The Balaban J connectivity index is 1.76. The zero-order valence-electron chi connectivity index (χ0n) is 15.8. The first-order valence-corrected chi connectivity index (χ1v) is 9.15. The number of amides is 1. The van der Waals surface area contributed by atoms with E-state index in [4.69, 9.17) is 9.57 Å². The molecule has 6 heteroatoms. The summed E-state index contributed by atoms with van der Waals surface area (Å²) in [6.45, 7) is 9.05. The molecule has 1 amide bonds. The van der Waals surface area contributed by atoms with E-state index in [1.807, 2.05) is 24.3 Å². The van der Waals surface area contributed by atoms with Crippen LogP contribution in [0.15, 0.2) is 29.4 Å². The van der Waals surface area contributed by atoms with E-state index in [0.29, 0.717) is 12.1 Å². The molecule has 1 aromatic rings. The lowest BCUT2D eigenvalue weighted by atomic mass is 9.86. The van der Waals surface area contributed by atoms with Gasteiger partial charge in [-0.05, 0) is 42.9 Å². The lowest BCUT2D eigenvalue weighted by Gasteiger charge is -2.35. The molecule has 6 nitrogen and oxygen atoms in total. The zero-order chi connectivity index (χ0) is 18.9. The van der Waals surface area contributed by atoms with Gasteiger partial charge in [-0.2, -0.15) is 0 Å². The van der Waals surface area contributed by atoms with Gasteiger partial charge < -0.3 is 14.5 Å². The lowest BCUT2D eigenvalue weighted by molar-refractivity contribution is -0.135.